The van der Waals surface area contributed by atoms with Crippen LogP contribution in [0.4, 0.5) is 26.3 Å². The average Bonchev–Trinajstić information content (AvgIpc) is 1.35. The van der Waals surface area contributed by atoms with Crippen molar-refractivity contribution in [3.8, 4) is 33.8 Å². The first-order chi connectivity index (χ1) is 53.8. The zero-order valence-corrected chi connectivity index (χ0v) is 60.0. The molecule has 4 aliphatic heterocycles. The molecule has 6 aliphatic rings. The van der Waals surface area contributed by atoms with Gasteiger partial charge in [0.1, 0.15) is 96.4 Å². The highest BCUT2D eigenvalue weighted by Gasteiger charge is 2.56. The standard InChI is InChI=1S/C73H84F6N12O21/c1-3-11-49(69(103)88-18-10-19-88)106-65-60(97)53(32-93)110-73(66(65)111-70(104)35-14-8-5-9-15-35)108-51-27-39(25-48(90-28-44(82-86-90)34-12-6-4-7-13-34)64(51)112-72-63(100)62(99)57(94)33(2)105-72)68(102)81-17-16-80-67(101)38-24-47(89-29-45(83-85-89)36-20-40(74)54(78)41(75)21-36)58(95)50(26-38)107-71-61(98)56(59(96)52(31-92)109-71)91-30-46(84-87-91)37-22-42(76)55(79)43(77)23-37/h4-9,12-15,20-23,28-30,33,38-39,47-53,56-66,71-73,92-100H,3,10-11,16-19,24-27,31-32H2,1-2H3,(H,80,101)(H,81,102)/t33?,38?,39?,47?,48?,49-,50+,51+,52?,53?,56?,57+,58?,59-,60-,61?,62?,63?,64?,65?,66?,71+,72-,73+/m0/s1. The van der Waals surface area contributed by atoms with Crippen molar-refractivity contribution in [3.63, 3.8) is 0 Å². The van der Waals surface area contributed by atoms with Crippen LogP contribution in [0.3, 0.4) is 0 Å². The monoisotopic (exact) mass is 1580 g/mol. The van der Waals surface area contributed by atoms with E-state index in [1.165, 1.54) is 23.7 Å². The Kier molecular flexibility index (Phi) is 25.5. The summed E-state index contributed by atoms with van der Waals surface area (Å²) in [6.07, 6.45) is -27.9. The molecule has 0 bridgehead atoms. The molecule has 33 nitrogen and oxygen atoms in total. The van der Waals surface area contributed by atoms with Crippen LogP contribution in [0.25, 0.3) is 33.8 Å². The van der Waals surface area contributed by atoms with Gasteiger partial charge in [-0.1, -0.05) is 77.5 Å². The predicted octanol–water partition coefficient (Wildman–Crippen LogP) is 1.25. The fourth-order valence-electron chi connectivity index (χ4n) is 14.9. The van der Waals surface area contributed by atoms with E-state index in [1.807, 2.05) is 6.92 Å². The number of esters is 1. The van der Waals surface area contributed by atoms with Crippen molar-refractivity contribution in [2.75, 3.05) is 39.4 Å². The number of aliphatic hydroxyl groups excluding tert-OH is 9. The Morgan fingerprint density at radius 3 is 1.60 bits per heavy atom. The lowest BCUT2D eigenvalue weighted by Crippen LogP contribution is -2.64. The summed E-state index contributed by atoms with van der Waals surface area (Å²) in [5, 5.41) is 133. The van der Waals surface area contributed by atoms with Gasteiger partial charge in [0.05, 0.1) is 67.8 Å². The molecule has 3 amide bonds. The Labute approximate surface area is 633 Å². The molecule has 39 heteroatoms. The maximum Gasteiger partial charge on any atom is 0.338 e. The van der Waals surface area contributed by atoms with Gasteiger partial charge in [0, 0.05) is 54.7 Å². The van der Waals surface area contributed by atoms with Gasteiger partial charge in [-0.05, 0) is 81.8 Å². The van der Waals surface area contributed by atoms with Crippen molar-refractivity contribution >= 4 is 23.7 Å². The first kappa shape index (κ1) is 81.1. The molecule has 7 aromatic rings. The summed E-state index contributed by atoms with van der Waals surface area (Å²) in [5.41, 5.74) is -0.0667. The van der Waals surface area contributed by atoms with Crippen LogP contribution in [0.15, 0.2) is 104 Å². The van der Waals surface area contributed by atoms with Gasteiger partial charge in [-0.3, -0.25) is 14.4 Å². The predicted molar refractivity (Wildman–Crippen MR) is 368 cm³/mol. The molecule has 6 fully saturated rings. The number of carbonyl (C=O) groups excluding carboxylic acids is 4. The van der Waals surface area contributed by atoms with Crippen LogP contribution >= 0.6 is 0 Å². The van der Waals surface area contributed by atoms with Crippen LogP contribution in [0, 0.1) is 46.7 Å². The molecule has 3 aromatic heterocycles. The largest absolute Gasteiger partial charge is 0.450 e. The van der Waals surface area contributed by atoms with Crippen molar-refractivity contribution in [1.29, 1.82) is 0 Å². The lowest BCUT2D eigenvalue weighted by atomic mass is 9.80. The van der Waals surface area contributed by atoms with E-state index in [9.17, 15) is 86.7 Å². The van der Waals surface area contributed by atoms with E-state index in [0.717, 1.165) is 28.2 Å². The topological polar surface area (TPSA) is 444 Å². The number of amides is 3. The highest BCUT2D eigenvalue weighted by molar-refractivity contribution is 5.89. The number of aromatic nitrogens is 9. The van der Waals surface area contributed by atoms with E-state index in [2.05, 4.69) is 41.6 Å². The van der Waals surface area contributed by atoms with Crippen molar-refractivity contribution in [3.05, 3.63) is 144 Å². The Bertz CT molecular complexity index is 4360. The molecular formula is C73H84F6N12O21. The van der Waals surface area contributed by atoms with E-state index >= 15 is 4.79 Å². The molecule has 0 radical (unpaired) electrons. The fraction of sp³-hybridized carbons (Fsp3) is 0.534. The minimum absolute atomic E-state index is 0.0324. The number of hydrogen-bond acceptors (Lipinski definition) is 27. The number of halogens is 6. The summed E-state index contributed by atoms with van der Waals surface area (Å²) in [5.74, 6) is -15.0. The Balaban J connectivity index is 0.783. The van der Waals surface area contributed by atoms with Crippen molar-refractivity contribution in [1.82, 2.24) is 60.5 Å². The third-order valence-electron chi connectivity index (χ3n) is 21.1. The summed E-state index contributed by atoms with van der Waals surface area (Å²) >= 11 is 0. The number of hydrogen-bond donors (Lipinski definition) is 11. The van der Waals surface area contributed by atoms with E-state index in [1.54, 1.807) is 59.6 Å². The minimum Gasteiger partial charge on any atom is -0.450 e. The third kappa shape index (κ3) is 17.3. The van der Waals surface area contributed by atoms with E-state index < -0.39 is 225 Å². The normalized spacial score (nSPS) is 31.8. The quantitative estimate of drug-likeness (QED) is 0.0157. The van der Waals surface area contributed by atoms with Crippen molar-refractivity contribution < 1.29 is 129 Å². The molecule has 7 heterocycles. The number of likely N-dealkylation sites (tertiary alicyclic amines) is 1. The lowest BCUT2D eigenvalue weighted by molar-refractivity contribution is -0.348. The van der Waals surface area contributed by atoms with Gasteiger partial charge in [0.15, 0.2) is 59.9 Å². The molecule has 13 rings (SSSR count). The molecule has 2 saturated carbocycles. The molecule has 4 aromatic carbocycles. The second-order valence-electron chi connectivity index (χ2n) is 28.5. The first-order valence-corrected chi connectivity index (χ1v) is 36.6. The van der Waals surface area contributed by atoms with Gasteiger partial charge in [-0.15, -0.1) is 15.3 Å². The maximum atomic E-state index is 15.1. The van der Waals surface area contributed by atoms with Crippen LogP contribution in [0.5, 0.6) is 0 Å². The third-order valence-corrected chi connectivity index (χ3v) is 21.1. The van der Waals surface area contributed by atoms with Crippen LogP contribution in [-0.2, 0) is 52.3 Å². The number of nitrogens with zero attached hydrogens (tertiary/aromatic N) is 10. The van der Waals surface area contributed by atoms with E-state index in [4.69, 9.17) is 37.9 Å². The van der Waals surface area contributed by atoms with Crippen LogP contribution in [0.1, 0.15) is 87.3 Å². The highest BCUT2D eigenvalue weighted by Crippen LogP contribution is 2.44. The summed E-state index contributed by atoms with van der Waals surface area (Å²) in [6.45, 7) is 1.65. The molecule has 4 saturated heterocycles. The van der Waals surface area contributed by atoms with Gasteiger partial charge in [0.25, 0.3) is 5.91 Å². The molecular weight excluding hydrogens is 1490 g/mol. The van der Waals surface area contributed by atoms with Gasteiger partial charge < -0.3 is 99.4 Å². The summed E-state index contributed by atoms with van der Waals surface area (Å²) in [7, 11) is 0. The highest BCUT2D eigenvalue weighted by atomic mass is 19.2. The number of carbonyl (C=O) groups is 4. The van der Waals surface area contributed by atoms with Crippen LogP contribution in [-0.4, -0.2) is 275 Å². The Hall–Kier alpha value is -8.88. The Morgan fingerprint density at radius 2 is 1.04 bits per heavy atom. The smallest absolute Gasteiger partial charge is 0.338 e. The van der Waals surface area contributed by atoms with E-state index in [0.29, 0.717) is 55.0 Å². The number of benzene rings is 4. The molecule has 604 valence electrons. The van der Waals surface area contributed by atoms with Crippen molar-refractivity contribution in [2.24, 2.45) is 11.8 Å². The van der Waals surface area contributed by atoms with Gasteiger partial charge >= 0.3 is 5.97 Å². The van der Waals surface area contributed by atoms with E-state index in [-0.39, 0.29) is 66.9 Å². The van der Waals surface area contributed by atoms with Gasteiger partial charge in [-0.2, -0.15) is 0 Å². The number of nitrogens with one attached hydrogen (secondary N) is 2. The number of rotatable bonds is 26. The second kappa shape index (κ2) is 35.2. The molecule has 11 N–H and O–H groups in total. The van der Waals surface area contributed by atoms with Crippen LogP contribution in [0.2, 0.25) is 0 Å². The van der Waals surface area contributed by atoms with Gasteiger partial charge in [-0.25, -0.2) is 45.2 Å². The summed E-state index contributed by atoms with van der Waals surface area (Å²) in [4.78, 5) is 59.8. The zero-order chi connectivity index (χ0) is 79.5. The zero-order valence-electron chi connectivity index (χ0n) is 60.0. The van der Waals surface area contributed by atoms with Crippen molar-refractivity contribution in [2.45, 2.75) is 193 Å². The molecule has 2 aliphatic carbocycles. The SMILES string of the molecule is CCC[C@H](OC1C(OC(=O)c2ccccc2)[C@H](O[C@@H]2CC(C(=O)NCCNC(=O)C3CC(n4cc(-c5cc(F)c(F)c(F)c5)nn4)C(O)[C@H](O[C@@H]4OC(CO)[C@H](O)C(n5cc(-c6cc(F)c(F)c(F)c6)nn5)C4O)C3)CC(n3cc(-c4ccccc4)nn3)C2O[C@@H]2OC(C)[C@@H](O)C(O)C2O)OC(CO)[C@@H]1O)C(=O)N1CCC1. The maximum absolute atomic E-state index is 15.1. The van der Waals surface area contributed by atoms with Gasteiger partial charge in [0.2, 0.25) is 11.8 Å². The Morgan fingerprint density at radius 1 is 0.536 bits per heavy atom. The molecule has 24 atom stereocenters. The number of ether oxygens (including phenoxy) is 8. The van der Waals surface area contributed by atoms with Crippen LogP contribution < -0.4 is 10.6 Å². The number of aliphatic hydroxyl groups is 9. The first-order valence-electron chi connectivity index (χ1n) is 36.6. The molecule has 112 heavy (non-hydrogen) atoms. The molecule has 15 unspecified atom stereocenters. The minimum atomic E-state index is -1.99. The fourth-order valence-corrected chi connectivity index (χ4v) is 14.9. The average molecular weight is 1580 g/mol. The second-order valence-corrected chi connectivity index (χ2v) is 28.5. The summed E-state index contributed by atoms with van der Waals surface area (Å²) in [6, 6.07) is 14.9. The molecule has 0 spiro atoms. The lowest BCUT2D eigenvalue weighted by Gasteiger charge is -2.48. The summed E-state index contributed by atoms with van der Waals surface area (Å²) < 4.78 is 140.